The lowest BCUT2D eigenvalue weighted by molar-refractivity contribution is 0.100. The zero-order valence-electron chi connectivity index (χ0n) is 18.1. The molecule has 3 rings (SSSR count). The Kier molecular flexibility index (Phi) is 6.56. The number of carbonyl (C=O) groups excluding carboxylic acids is 1. The van der Waals surface area contributed by atoms with E-state index in [0.29, 0.717) is 22.6 Å². The first-order valence-electron chi connectivity index (χ1n) is 9.93. The largest absolute Gasteiger partial charge is 0.365 e. The van der Waals surface area contributed by atoms with E-state index >= 15 is 0 Å². The van der Waals surface area contributed by atoms with Crippen molar-refractivity contribution in [1.29, 1.82) is 5.26 Å². The lowest BCUT2D eigenvalue weighted by Crippen LogP contribution is -2.25. The number of nitrogens with zero attached hydrogens (tertiary/aromatic N) is 3. The van der Waals surface area contributed by atoms with Crippen molar-refractivity contribution in [3.63, 3.8) is 0 Å². The van der Waals surface area contributed by atoms with Crippen LogP contribution >= 0.6 is 11.9 Å². The lowest BCUT2D eigenvalue weighted by atomic mass is 10.1. The van der Waals surface area contributed by atoms with Gasteiger partial charge in [0.25, 0.3) is 5.91 Å². The zero-order valence-corrected chi connectivity index (χ0v) is 18.9. The maximum absolute atomic E-state index is 12.5. The molecule has 0 unspecified atom stereocenters. The first-order chi connectivity index (χ1) is 14.7. The van der Waals surface area contributed by atoms with Crippen LogP contribution in [0.2, 0.25) is 0 Å². The Morgan fingerprint density at radius 3 is 2.26 bits per heavy atom. The number of nitriles is 1. The minimum atomic E-state index is -0.564. The summed E-state index contributed by atoms with van der Waals surface area (Å²) in [6.07, 6.45) is 0. The molecule has 0 aliphatic rings. The molecule has 31 heavy (non-hydrogen) atoms. The van der Waals surface area contributed by atoms with Crippen LogP contribution in [-0.2, 0) is 5.54 Å². The number of hydrogen-bond donors (Lipinski definition) is 3. The van der Waals surface area contributed by atoms with E-state index in [1.807, 2.05) is 45.0 Å². The van der Waals surface area contributed by atoms with Gasteiger partial charge < -0.3 is 15.8 Å². The van der Waals surface area contributed by atoms with Gasteiger partial charge in [-0.3, -0.25) is 4.79 Å². The smallest absolute Gasteiger partial charge is 0.254 e. The number of hydrogen-bond acceptors (Lipinski definition) is 6. The van der Waals surface area contributed by atoms with Crippen LogP contribution < -0.4 is 15.8 Å². The Hall–Kier alpha value is -3.44. The van der Waals surface area contributed by atoms with Gasteiger partial charge in [-0.1, -0.05) is 31.0 Å². The Bertz CT molecular complexity index is 1110. The quantitative estimate of drug-likeness (QED) is 0.447. The number of carbonyl (C=O) groups is 1. The molecule has 7 nitrogen and oxygen atoms in total. The molecule has 0 spiro atoms. The highest BCUT2D eigenvalue weighted by Gasteiger charge is 2.28. The molecule has 0 saturated heterocycles. The fraction of sp³-hybridized carbons (Fsp3) is 0.261. The summed E-state index contributed by atoms with van der Waals surface area (Å²) in [6.45, 7) is 8.10. The van der Waals surface area contributed by atoms with Gasteiger partial charge >= 0.3 is 0 Å². The summed E-state index contributed by atoms with van der Waals surface area (Å²) in [5.41, 5.74) is 9.31. The zero-order chi connectivity index (χ0) is 22.6. The van der Waals surface area contributed by atoms with Crippen LogP contribution in [0.25, 0.3) is 11.3 Å². The summed E-state index contributed by atoms with van der Waals surface area (Å²) < 4.78 is 5.03. The van der Waals surface area contributed by atoms with Gasteiger partial charge in [0, 0.05) is 22.7 Å². The average Bonchev–Trinajstić information content (AvgIpc) is 3.13. The average molecular weight is 435 g/mol. The highest BCUT2D eigenvalue weighted by molar-refractivity contribution is 8.00. The maximum atomic E-state index is 12.5. The predicted molar refractivity (Wildman–Crippen MR) is 127 cm³/mol. The van der Waals surface area contributed by atoms with Gasteiger partial charge in [-0.25, -0.2) is 4.68 Å². The highest BCUT2D eigenvalue weighted by Crippen LogP contribution is 2.35. The van der Waals surface area contributed by atoms with Crippen molar-refractivity contribution >= 4 is 35.0 Å². The molecule has 4 N–H and O–H groups in total. The van der Waals surface area contributed by atoms with E-state index in [1.165, 1.54) is 0 Å². The van der Waals surface area contributed by atoms with Crippen LogP contribution in [-0.4, -0.2) is 21.4 Å². The molecular formula is C23H26N6OS. The third-order valence-electron chi connectivity index (χ3n) is 4.54. The van der Waals surface area contributed by atoms with Crippen molar-refractivity contribution in [2.45, 2.75) is 33.2 Å². The first kappa shape index (κ1) is 22.2. The highest BCUT2D eigenvalue weighted by atomic mass is 32.2. The Morgan fingerprint density at radius 2 is 1.74 bits per heavy atom. The Labute approximate surface area is 186 Å². The van der Waals surface area contributed by atoms with Crippen molar-refractivity contribution in [3.05, 3.63) is 59.7 Å². The fourth-order valence-corrected chi connectivity index (χ4v) is 3.52. The number of aromatic nitrogens is 2. The van der Waals surface area contributed by atoms with Gasteiger partial charge in [-0.2, -0.15) is 10.4 Å². The molecule has 1 amide bonds. The maximum Gasteiger partial charge on any atom is 0.254 e. The van der Waals surface area contributed by atoms with Crippen molar-refractivity contribution in [2.24, 2.45) is 5.73 Å². The molecule has 0 saturated carbocycles. The summed E-state index contributed by atoms with van der Waals surface area (Å²) >= 11 is 1.61. The SMILES string of the molecule is CCSNc1ccc(-c2nn(C(C)(C)C)c(Nc3ccc(C#N)cc3)c2C(N)=O)cc1. The van der Waals surface area contributed by atoms with Crippen LogP contribution in [0.15, 0.2) is 48.5 Å². The van der Waals surface area contributed by atoms with Crippen molar-refractivity contribution in [2.75, 3.05) is 15.8 Å². The van der Waals surface area contributed by atoms with Crippen molar-refractivity contribution < 1.29 is 4.79 Å². The molecule has 0 fully saturated rings. The summed E-state index contributed by atoms with van der Waals surface area (Å²) in [5.74, 6) is 0.905. The molecule has 1 aromatic heterocycles. The standard InChI is InChI=1S/C23H26N6OS/c1-5-31-28-18-12-8-16(9-13-18)20-19(21(25)30)22(29(27-20)23(2,3)4)26-17-10-6-15(14-24)7-11-17/h6-13,26,28H,5H2,1-4H3,(H2,25,30). The topological polar surface area (TPSA) is 109 Å². The molecule has 1 heterocycles. The van der Waals surface area contributed by atoms with Gasteiger partial charge in [0.1, 0.15) is 17.1 Å². The van der Waals surface area contributed by atoms with Gasteiger partial charge in [0.2, 0.25) is 0 Å². The van der Waals surface area contributed by atoms with E-state index in [0.717, 1.165) is 22.7 Å². The monoisotopic (exact) mass is 434 g/mol. The Morgan fingerprint density at radius 1 is 1.13 bits per heavy atom. The molecule has 2 aromatic carbocycles. The van der Waals surface area contributed by atoms with Gasteiger partial charge in [0.15, 0.2) is 0 Å². The first-order valence-corrected chi connectivity index (χ1v) is 10.9. The predicted octanol–water partition coefficient (Wildman–Crippen LogP) is 5.10. The summed E-state index contributed by atoms with van der Waals surface area (Å²) in [5, 5.41) is 17.1. The molecular weight excluding hydrogens is 408 g/mol. The summed E-state index contributed by atoms with van der Waals surface area (Å²) in [6, 6.07) is 16.8. The molecule has 0 atom stereocenters. The number of amides is 1. The summed E-state index contributed by atoms with van der Waals surface area (Å²) in [7, 11) is 0. The molecule has 0 radical (unpaired) electrons. The molecule has 160 valence electrons. The van der Waals surface area contributed by atoms with Gasteiger partial charge in [-0.15, -0.1) is 0 Å². The minimum Gasteiger partial charge on any atom is -0.365 e. The third-order valence-corrected chi connectivity index (χ3v) is 5.21. The van der Waals surface area contributed by atoms with Crippen LogP contribution in [0.1, 0.15) is 43.6 Å². The van der Waals surface area contributed by atoms with E-state index in [9.17, 15) is 4.79 Å². The molecule has 0 bridgehead atoms. The number of anilines is 3. The fourth-order valence-electron chi connectivity index (χ4n) is 3.07. The third kappa shape index (κ3) is 5.01. The van der Waals surface area contributed by atoms with Crippen LogP contribution in [0, 0.1) is 11.3 Å². The molecule has 0 aliphatic carbocycles. The lowest BCUT2D eigenvalue weighted by Gasteiger charge is -2.23. The summed E-state index contributed by atoms with van der Waals surface area (Å²) in [4.78, 5) is 12.5. The normalized spacial score (nSPS) is 11.1. The van der Waals surface area contributed by atoms with Crippen LogP contribution in [0.3, 0.4) is 0 Å². The molecule has 0 aliphatic heterocycles. The van der Waals surface area contributed by atoms with Crippen molar-refractivity contribution in [3.8, 4) is 17.3 Å². The molecule has 3 aromatic rings. The second-order valence-corrected chi connectivity index (χ2v) is 9.02. The van der Waals surface area contributed by atoms with Gasteiger partial charge in [0.05, 0.1) is 17.2 Å². The van der Waals surface area contributed by atoms with E-state index in [4.69, 9.17) is 16.1 Å². The van der Waals surface area contributed by atoms with E-state index in [2.05, 4.69) is 23.0 Å². The second kappa shape index (κ2) is 9.14. The van der Waals surface area contributed by atoms with E-state index in [-0.39, 0.29) is 0 Å². The van der Waals surface area contributed by atoms with E-state index in [1.54, 1.807) is 40.9 Å². The van der Waals surface area contributed by atoms with Gasteiger partial charge in [-0.05, 0) is 57.2 Å². The van der Waals surface area contributed by atoms with Crippen LogP contribution in [0.4, 0.5) is 17.2 Å². The number of rotatable bonds is 7. The van der Waals surface area contributed by atoms with Crippen LogP contribution in [0.5, 0.6) is 0 Å². The molecule has 8 heteroatoms. The number of nitrogens with two attached hydrogens (primary N) is 1. The Balaban J connectivity index is 2.10. The minimum absolute atomic E-state index is 0.322. The number of nitrogens with one attached hydrogen (secondary N) is 2. The van der Waals surface area contributed by atoms with E-state index < -0.39 is 11.4 Å². The van der Waals surface area contributed by atoms with Crippen molar-refractivity contribution in [1.82, 2.24) is 9.78 Å². The number of benzene rings is 2. The number of primary amides is 1. The second-order valence-electron chi connectivity index (χ2n) is 7.95.